The number of amides is 2. The van der Waals surface area contributed by atoms with Crippen molar-refractivity contribution in [1.82, 2.24) is 14.5 Å². The van der Waals surface area contributed by atoms with E-state index in [0.717, 1.165) is 15.8 Å². The van der Waals surface area contributed by atoms with E-state index in [4.69, 9.17) is 0 Å². The summed E-state index contributed by atoms with van der Waals surface area (Å²) in [4.78, 5) is 32.6. The molecule has 1 fully saturated rings. The van der Waals surface area contributed by atoms with Crippen molar-refractivity contribution in [3.05, 3.63) is 47.1 Å². The Bertz CT molecular complexity index is 994. The molecule has 2 amide bonds. The summed E-state index contributed by atoms with van der Waals surface area (Å²) in [5, 5.41) is 4.43. The minimum atomic E-state index is -0.491. The standard InChI is InChI=1S/C18H18N4O2S2/c1-11-8-19-18(26-11)20-16(23)15-9-25-10-22(15)17(24)14-7-12-5-3-4-6-13(12)21(14)2/h3-8,15H,9-10H2,1-2H3,(H,19,20,23). The second-order valence-electron chi connectivity index (χ2n) is 6.20. The molecule has 0 radical (unpaired) electrons. The summed E-state index contributed by atoms with van der Waals surface area (Å²) in [5.74, 6) is 0.793. The number of rotatable bonds is 3. The number of benzene rings is 1. The first-order valence-corrected chi connectivity index (χ1v) is 10.2. The Morgan fingerprint density at radius 2 is 2.12 bits per heavy atom. The quantitative estimate of drug-likeness (QED) is 0.751. The van der Waals surface area contributed by atoms with Gasteiger partial charge in [0.15, 0.2) is 5.13 Å². The number of anilines is 1. The average Bonchev–Trinajstić information content (AvgIpc) is 3.34. The van der Waals surface area contributed by atoms with Gasteiger partial charge in [0.05, 0.1) is 5.88 Å². The first-order valence-electron chi connectivity index (χ1n) is 8.21. The van der Waals surface area contributed by atoms with Crippen LogP contribution in [0.25, 0.3) is 10.9 Å². The molecule has 1 unspecified atom stereocenters. The van der Waals surface area contributed by atoms with E-state index in [9.17, 15) is 9.59 Å². The molecule has 1 saturated heterocycles. The van der Waals surface area contributed by atoms with Gasteiger partial charge in [-0.2, -0.15) is 0 Å². The maximum Gasteiger partial charge on any atom is 0.271 e. The van der Waals surface area contributed by atoms with Crippen molar-refractivity contribution in [3.8, 4) is 0 Å². The van der Waals surface area contributed by atoms with Gasteiger partial charge in [-0.3, -0.25) is 9.59 Å². The number of thiazole rings is 1. The van der Waals surface area contributed by atoms with Crippen molar-refractivity contribution in [2.24, 2.45) is 7.05 Å². The van der Waals surface area contributed by atoms with E-state index >= 15 is 0 Å². The summed E-state index contributed by atoms with van der Waals surface area (Å²) in [6, 6.07) is 9.28. The van der Waals surface area contributed by atoms with Gasteiger partial charge in [-0.25, -0.2) is 4.98 Å². The molecule has 6 nitrogen and oxygen atoms in total. The van der Waals surface area contributed by atoms with E-state index < -0.39 is 6.04 Å². The zero-order valence-electron chi connectivity index (χ0n) is 14.4. The van der Waals surface area contributed by atoms with Gasteiger partial charge in [-0.05, 0) is 19.1 Å². The van der Waals surface area contributed by atoms with Gasteiger partial charge in [0.1, 0.15) is 11.7 Å². The highest BCUT2D eigenvalue weighted by atomic mass is 32.2. The van der Waals surface area contributed by atoms with Crippen LogP contribution in [0.15, 0.2) is 36.5 Å². The van der Waals surface area contributed by atoms with Crippen LogP contribution in [0.4, 0.5) is 5.13 Å². The van der Waals surface area contributed by atoms with E-state index in [1.54, 1.807) is 22.9 Å². The maximum atomic E-state index is 13.1. The molecule has 1 aliphatic heterocycles. The number of thioether (sulfide) groups is 1. The number of nitrogens with zero attached hydrogens (tertiary/aromatic N) is 3. The Morgan fingerprint density at radius 3 is 2.85 bits per heavy atom. The van der Waals surface area contributed by atoms with E-state index in [2.05, 4.69) is 10.3 Å². The van der Waals surface area contributed by atoms with Gasteiger partial charge in [0.25, 0.3) is 5.91 Å². The largest absolute Gasteiger partial charge is 0.340 e. The van der Waals surface area contributed by atoms with Gasteiger partial charge in [-0.1, -0.05) is 18.2 Å². The Labute approximate surface area is 159 Å². The molecule has 0 bridgehead atoms. The molecular weight excluding hydrogens is 368 g/mol. The summed E-state index contributed by atoms with van der Waals surface area (Å²) in [7, 11) is 1.88. The number of para-hydroxylation sites is 1. The van der Waals surface area contributed by atoms with Gasteiger partial charge < -0.3 is 14.8 Å². The van der Waals surface area contributed by atoms with E-state index in [0.29, 0.717) is 22.5 Å². The molecule has 0 aliphatic carbocycles. The van der Waals surface area contributed by atoms with Gasteiger partial charge in [-0.15, -0.1) is 23.1 Å². The van der Waals surface area contributed by atoms with Gasteiger partial charge >= 0.3 is 0 Å². The lowest BCUT2D eigenvalue weighted by Crippen LogP contribution is -2.45. The molecule has 0 spiro atoms. The number of carbonyl (C=O) groups excluding carboxylic acids is 2. The van der Waals surface area contributed by atoms with Crippen LogP contribution in [0, 0.1) is 6.92 Å². The van der Waals surface area contributed by atoms with Crippen LogP contribution < -0.4 is 5.32 Å². The van der Waals surface area contributed by atoms with Crippen molar-refractivity contribution >= 4 is 50.9 Å². The summed E-state index contributed by atoms with van der Waals surface area (Å²) in [6.07, 6.45) is 1.72. The topological polar surface area (TPSA) is 67.2 Å². The monoisotopic (exact) mass is 386 g/mol. The van der Waals surface area contributed by atoms with Crippen molar-refractivity contribution in [3.63, 3.8) is 0 Å². The molecular formula is C18H18N4O2S2. The molecule has 134 valence electrons. The Balaban J connectivity index is 1.58. The molecule has 8 heteroatoms. The summed E-state index contributed by atoms with van der Waals surface area (Å²) in [5.41, 5.74) is 1.60. The Hall–Kier alpha value is -2.32. The molecule has 1 atom stereocenters. The lowest BCUT2D eigenvalue weighted by Gasteiger charge is -2.22. The van der Waals surface area contributed by atoms with Crippen LogP contribution in [-0.4, -0.2) is 43.9 Å². The second-order valence-corrected chi connectivity index (χ2v) is 8.44. The summed E-state index contributed by atoms with van der Waals surface area (Å²) < 4.78 is 1.89. The molecule has 3 aromatic rings. The number of fused-ring (bicyclic) bond motifs is 1. The highest BCUT2D eigenvalue weighted by molar-refractivity contribution is 7.99. The first-order chi connectivity index (χ1) is 12.5. The van der Waals surface area contributed by atoms with Crippen LogP contribution in [0.2, 0.25) is 0 Å². The van der Waals surface area contributed by atoms with Crippen LogP contribution >= 0.6 is 23.1 Å². The third kappa shape index (κ3) is 2.99. The van der Waals surface area contributed by atoms with Crippen molar-refractivity contribution in [1.29, 1.82) is 0 Å². The Morgan fingerprint density at radius 1 is 1.31 bits per heavy atom. The molecule has 2 aromatic heterocycles. The first kappa shape index (κ1) is 17.1. The van der Waals surface area contributed by atoms with E-state index in [1.807, 2.05) is 48.9 Å². The number of hydrogen-bond acceptors (Lipinski definition) is 5. The predicted molar refractivity (Wildman–Crippen MR) is 106 cm³/mol. The van der Waals surface area contributed by atoms with Crippen LogP contribution in [-0.2, 0) is 11.8 Å². The van der Waals surface area contributed by atoms with Gasteiger partial charge in [0, 0.05) is 34.8 Å². The highest BCUT2D eigenvalue weighted by Gasteiger charge is 2.36. The zero-order chi connectivity index (χ0) is 18.3. The summed E-state index contributed by atoms with van der Waals surface area (Å²) >= 11 is 3.02. The third-order valence-corrected chi connectivity index (χ3v) is 6.31. The molecule has 0 saturated carbocycles. The van der Waals surface area contributed by atoms with Crippen molar-refractivity contribution < 1.29 is 9.59 Å². The number of hydrogen-bond donors (Lipinski definition) is 1. The second kappa shape index (κ2) is 6.77. The average molecular weight is 387 g/mol. The molecule has 3 heterocycles. The lowest BCUT2D eigenvalue weighted by atomic mass is 10.2. The SMILES string of the molecule is Cc1cnc(NC(=O)C2CSCN2C(=O)c2cc3ccccc3n2C)s1. The number of aryl methyl sites for hydroxylation is 2. The van der Waals surface area contributed by atoms with Crippen molar-refractivity contribution in [2.75, 3.05) is 16.9 Å². The molecule has 1 aromatic carbocycles. The van der Waals surface area contributed by atoms with E-state index in [1.165, 1.54) is 11.3 Å². The number of carbonyl (C=O) groups is 2. The smallest absolute Gasteiger partial charge is 0.271 e. The molecule has 26 heavy (non-hydrogen) atoms. The van der Waals surface area contributed by atoms with E-state index in [-0.39, 0.29) is 11.8 Å². The normalized spacial score (nSPS) is 17.0. The van der Waals surface area contributed by atoms with Crippen molar-refractivity contribution in [2.45, 2.75) is 13.0 Å². The fraction of sp³-hybridized carbons (Fsp3) is 0.278. The van der Waals surface area contributed by atoms with Crippen LogP contribution in [0.1, 0.15) is 15.4 Å². The highest BCUT2D eigenvalue weighted by Crippen LogP contribution is 2.27. The zero-order valence-corrected chi connectivity index (χ0v) is 16.1. The molecule has 4 rings (SSSR count). The number of nitrogens with one attached hydrogen (secondary N) is 1. The number of aromatic nitrogens is 2. The fourth-order valence-corrected chi connectivity index (χ4v) is 4.92. The minimum Gasteiger partial charge on any atom is -0.340 e. The third-order valence-electron chi connectivity index (χ3n) is 4.47. The maximum absolute atomic E-state index is 13.1. The molecule has 1 aliphatic rings. The summed E-state index contributed by atoms with van der Waals surface area (Å²) in [6.45, 7) is 1.94. The van der Waals surface area contributed by atoms with Crippen LogP contribution in [0.3, 0.4) is 0 Å². The lowest BCUT2D eigenvalue weighted by molar-refractivity contribution is -0.119. The van der Waals surface area contributed by atoms with Crippen LogP contribution in [0.5, 0.6) is 0 Å². The predicted octanol–water partition coefficient (Wildman–Crippen LogP) is 3.10. The molecule has 1 N–H and O–H groups in total. The minimum absolute atomic E-state index is 0.121. The van der Waals surface area contributed by atoms with Gasteiger partial charge in [0.2, 0.25) is 5.91 Å². The fourth-order valence-electron chi connectivity index (χ4n) is 3.10. The Kier molecular flexibility index (Phi) is 4.46.